The fourth-order valence-corrected chi connectivity index (χ4v) is 4.26. The summed E-state index contributed by atoms with van der Waals surface area (Å²) in [6.45, 7) is 4.09. The molecule has 5 nitrogen and oxygen atoms in total. The number of amides is 1. The molecule has 3 heterocycles. The van der Waals surface area contributed by atoms with Crippen LogP contribution in [0.25, 0.3) is 0 Å². The van der Waals surface area contributed by atoms with E-state index in [9.17, 15) is 4.79 Å². The molecule has 1 atom stereocenters. The molecule has 26 heavy (non-hydrogen) atoms. The Morgan fingerprint density at radius 2 is 2.00 bits per heavy atom. The van der Waals surface area contributed by atoms with Crippen LogP contribution in [0.5, 0.6) is 0 Å². The van der Waals surface area contributed by atoms with Crippen molar-refractivity contribution in [3.05, 3.63) is 66.0 Å². The van der Waals surface area contributed by atoms with Gasteiger partial charge < -0.3 is 14.5 Å². The average molecular weight is 351 g/mol. The number of pyridine rings is 1. The fraction of sp³-hybridized carbons (Fsp3) is 0.429. The van der Waals surface area contributed by atoms with Gasteiger partial charge in [-0.15, -0.1) is 0 Å². The first-order valence-electron chi connectivity index (χ1n) is 9.16. The fourth-order valence-electron chi connectivity index (χ4n) is 4.26. The van der Waals surface area contributed by atoms with Crippen LogP contribution in [0, 0.1) is 5.41 Å². The van der Waals surface area contributed by atoms with E-state index in [1.54, 1.807) is 12.4 Å². The lowest BCUT2D eigenvalue weighted by Gasteiger charge is -2.48. The molecule has 1 aromatic heterocycles. The second kappa shape index (κ2) is 7.17. The van der Waals surface area contributed by atoms with Crippen molar-refractivity contribution in [1.29, 1.82) is 0 Å². The molecular formula is C21H25N3O2. The van der Waals surface area contributed by atoms with Crippen LogP contribution in [0.15, 0.2) is 54.9 Å². The largest absolute Gasteiger partial charge is 0.375 e. The van der Waals surface area contributed by atoms with Crippen LogP contribution in [0.4, 0.5) is 0 Å². The maximum absolute atomic E-state index is 12.5. The van der Waals surface area contributed by atoms with E-state index < -0.39 is 0 Å². The van der Waals surface area contributed by atoms with Crippen LogP contribution in [0.2, 0.25) is 0 Å². The summed E-state index contributed by atoms with van der Waals surface area (Å²) in [7, 11) is 2.16. The number of nitrogens with zero attached hydrogens (tertiary/aromatic N) is 3. The van der Waals surface area contributed by atoms with Crippen molar-refractivity contribution in [2.24, 2.45) is 5.41 Å². The first-order chi connectivity index (χ1) is 12.7. The Hall–Kier alpha value is -2.24. The lowest BCUT2D eigenvalue weighted by Crippen LogP contribution is -2.59. The summed E-state index contributed by atoms with van der Waals surface area (Å²) in [5.41, 5.74) is 2.11. The van der Waals surface area contributed by atoms with Crippen LogP contribution in [-0.4, -0.2) is 60.0 Å². The quantitative estimate of drug-likeness (QED) is 0.830. The summed E-state index contributed by atoms with van der Waals surface area (Å²) in [5.74, 6) is 0.0927. The first-order valence-corrected chi connectivity index (χ1v) is 9.16. The molecule has 2 aliphatic rings. The van der Waals surface area contributed by atoms with Crippen LogP contribution in [0.1, 0.15) is 22.3 Å². The Balaban J connectivity index is 1.27. The van der Waals surface area contributed by atoms with Crippen molar-refractivity contribution >= 4 is 5.91 Å². The van der Waals surface area contributed by atoms with E-state index in [1.165, 1.54) is 5.56 Å². The number of benzene rings is 1. The van der Waals surface area contributed by atoms with Gasteiger partial charge in [-0.3, -0.25) is 9.78 Å². The minimum atomic E-state index is 0.0927. The topological polar surface area (TPSA) is 45.7 Å². The summed E-state index contributed by atoms with van der Waals surface area (Å²) >= 11 is 0. The van der Waals surface area contributed by atoms with Gasteiger partial charge in [0.2, 0.25) is 0 Å². The lowest BCUT2D eigenvalue weighted by molar-refractivity contribution is 0.0109. The molecular weight excluding hydrogens is 326 g/mol. The van der Waals surface area contributed by atoms with Crippen LogP contribution >= 0.6 is 0 Å². The van der Waals surface area contributed by atoms with Crippen LogP contribution in [0.3, 0.4) is 0 Å². The third-order valence-corrected chi connectivity index (χ3v) is 5.55. The zero-order valence-corrected chi connectivity index (χ0v) is 15.2. The highest BCUT2D eigenvalue weighted by Gasteiger charge is 2.51. The van der Waals surface area contributed by atoms with Gasteiger partial charge in [0.25, 0.3) is 5.91 Å². The highest BCUT2D eigenvalue weighted by atomic mass is 16.5. The molecule has 1 unspecified atom stereocenters. The van der Waals surface area contributed by atoms with Gasteiger partial charge in [-0.25, -0.2) is 0 Å². The Morgan fingerprint density at radius 1 is 1.19 bits per heavy atom. The van der Waals surface area contributed by atoms with E-state index in [4.69, 9.17) is 4.74 Å². The summed E-state index contributed by atoms with van der Waals surface area (Å²) in [6.07, 6.45) is 4.43. The standard InChI is InChI=1S/C21H25N3O2/c1-23-14-21(10-19(23)13-26-12-17-6-3-2-4-7-17)15-24(16-21)20(25)18-8-5-9-22-11-18/h2-9,11,19H,10,12-16H2,1H3. The molecule has 0 saturated carbocycles. The molecule has 2 fully saturated rings. The normalized spacial score (nSPS) is 21.7. The number of likely N-dealkylation sites (tertiary alicyclic amines) is 2. The molecule has 4 rings (SSSR count). The maximum atomic E-state index is 12.5. The number of ether oxygens (including phenoxy) is 1. The highest BCUT2D eigenvalue weighted by Crippen LogP contribution is 2.42. The van der Waals surface area contributed by atoms with Gasteiger partial charge in [-0.2, -0.15) is 0 Å². The first kappa shape index (κ1) is 17.2. The van der Waals surface area contributed by atoms with Gasteiger partial charge in [0.15, 0.2) is 0 Å². The number of carbonyl (C=O) groups excluding carboxylic acids is 1. The molecule has 2 aromatic rings. The Kier molecular flexibility index (Phi) is 4.74. The molecule has 0 bridgehead atoms. The van der Waals surface area contributed by atoms with Crippen molar-refractivity contribution in [2.75, 3.05) is 33.3 Å². The molecule has 1 spiro atoms. The van der Waals surface area contributed by atoms with E-state index >= 15 is 0 Å². The third kappa shape index (κ3) is 3.50. The molecule has 5 heteroatoms. The summed E-state index contributed by atoms with van der Waals surface area (Å²) in [6, 6.07) is 14.4. The summed E-state index contributed by atoms with van der Waals surface area (Å²) in [4.78, 5) is 20.9. The van der Waals surface area contributed by atoms with Crippen molar-refractivity contribution in [3.63, 3.8) is 0 Å². The van der Waals surface area contributed by atoms with Crippen LogP contribution in [-0.2, 0) is 11.3 Å². The SMILES string of the molecule is CN1CC2(CC1COCc1ccccc1)CN(C(=O)c1cccnc1)C2. The molecule has 0 aliphatic carbocycles. The van der Waals surface area contributed by atoms with E-state index in [1.807, 2.05) is 35.2 Å². The number of hydrogen-bond donors (Lipinski definition) is 0. The maximum Gasteiger partial charge on any atom is 0.255 e. The Bertz CT molecular complexity index is 744. The van der Waals surface area contributed by atoms with Gasteiger partial charge in [-0.1, -0.05) is 30.3 Å². The third-order valence-electron chi connectivity index (χ3n) is 5.55. The Morgan fingerprint density at radius 3 is 2.73 bits per heavy atom. The molecule has 2 saturated heterocycles. The van der Waals surface area contributed by atoms with Gasteiger partial charge in [0.05, 0.1) is 18.8 Å². The molecule has 0 radical (unpaired) electrons. The van der Waals surface area contributed by atoms with Gasteiger partial charge >= 0.3 is 0 Å². The zero-order valence-electron chi connectivity index (χ0n) is 15.2. The smallest absolute Gasteiger partial charge is 0.255 e. The number of aromatic nitrogens is 1. The van der Waals surface area contributed by atoms with Gasteiger partial charge in [0.1, 0.15) is 0 Å². The predicted molar refractivity (Wildman–Crippen MR) is 99.7 cm³/mol. The van der Waals surface area contributed by atoms with E-state index in [2.05, 4.69) is 29.1 Å². The minimum Gasteiger partial charge on any atom is -0.375 e. The summed E-state index contributed by atoms with van der Waals surface area (Å²) < 4.78 is 5.95. The second-order valence-electron chi connectivity index (χ2n) is 7.68. The summed E-state index contributed by atoms with van der Waals surface area (Å²) in [5, 5.41) is 0. The van der Waals surface area contributed by atoms with Crippen molar-refractivity contribution in [1.82, 2.24) is 14.8 Å². The second-order valence-corrected chi connectivity index (χ2v) is 7.68. The number of rotatable bonds is 5. The van der Waals surface area contributed by atoms with Crippen molar-refractivity contribution in [3.8, 4) is 0 Å². The average Bonchev–Trinajstić information content (AvgIpc) is 2.98. The molecule has 2 aliphatic heterocycles. The van der Waals surface area contributed by atoms with Crippen molar-refractivity contribution < 1.29 is 9.53 Å². The highest BCUT2D eigenvalue weighted by molar-refractivity contribution is 5.94. The number of carbonyl (C=O) groups is 1. The zero-order chi connectivity index (χ0) is 18.0. The molecule has 1 aromatic carbocycles. The van der Waals surface area contributed by atoms with Gasteiger partial charge in [0, 0.05) is 43.5 Å². The lowest BCUT2D eigenvalue weighted by atomic mass is 9.77. The van der Waals surface area contributed by atoms with Crippen LogP contribution < -0.4 is 0 Å². The van der Waals surface area contributed by atoms with Gasteiger partial charge in [-0.05, 0) is 31.2 Å². The minimum absolute atomic E-state index is 0.0927. The van der Waals surface area contributed by atoms with E-state index in [0.29, 0.717) is 18.2 Å². The van der Waals surface area contributed by atoms with Crippen molar-refractivity contribution in [2.45, 2.75) is 19.1 Å². The number of hydrogen-bond acceptors (Lipinski definition) is 4. The molecule has 136 valence electrons. The van der Waals surface area contributed by atoms with E-state index in [-0.39, 0.29) is 11.3 Å². The number of likely N-dealkylation sites (N-methyl/N-ethyl adjacent to an activating group) is 1. The molecule has 1 amide bonds. The predicted octanol–water partition coefficient (Wildman–Crippen LogP) is 2.44. The van der Waals surface area contributed by atoms with E-state index in [0.717, 1.165) is 32.7 Å². The monoisotopic (exact) mass is 351 g/mol. The molecule has 0 N–H and O–H groups in total. The Labute approximate surface area is 154 Å².